The number of hydrogen-bond donors (Lipinski definition) is 2. The number of phenols is 2. The third kappa shape index (κ3) is 11.4. The fourth-order valence-corrected chi connectivity index (χ4v) is 8.25. The number of rotatable bonds is 9. The van der Waals surface area contributed by atoms with E-state index in [4.69, 9.17) is 0 Å². The fourth-order valence-electron chi connectivity index (χ4n) is 5.42. The van der Waals surface area contributed by atoms with Crippen LogP contribution in [0.2, 0.25) is 0 Å². The van der Waals surface area contributed by atoms with Crippen molar-refractivity contribution in [1.29, 1.82) is 0 Å². The van der Waals surface area contributed by atoms with Gasteiger partial charge in [0.05, 0.1) is 31.0 Å². The van der Waals surface area contributed by atoms with Crippen LogP contribution < -0.4 is 118 Å². The smallest absolute Gasteiger partial charge is 0.744 e. The molecule has 0 unspecified atom stereocenters. The average Bonchev–Trinajstić information content (AvgIpc) is 3.09. The zero-order chi connectivity index (χ0) is 39.4. The molecule has 278 valence electrons. The molecule has 0 saturated heterocycles. The summed E-state index contributed by atoms with van der Waals surface area (Å²) in [5, 5.41) is 35.9. The Morgan fingerprint density at radius 1 is 0.379 bits per heavy atom. The van der Waals surface area contributed by atoms with Gasteiger partial charge in [-0.1, -0.05) is 60.7 Å². The van der Waals surface area contributed by atoms with Crippen molar-refractivity contribution in [3.8, 4) is 22.6 Å². The Morgan fingerprint density at radius 3 is 0.966 bits per heavy atom. The second-order valence-corrected chi connectivity index (χ2v) is 16.5. The number of azo groups is 2. The Kier molecular flexibility index (Phi) is 18.1. The topological polar surface area (TPSA) is 319 Å². The van der Waals surface area contributed by atoms with Crippen LogP contribution in [0.5, 0.6) is 11.5 Å². The molecule has 0 bridgehead atoms. The van der Waals surface area contributed by atoms with Crippen LogP contribution in [0.1, 0.15) is 0 Å². The maximum Gasteiger partial charge on any atom is 1.00 e. The van der Waals surface area contributed by atoms with Gasteiger partial charge in [-0.3, -0.25) is 0 Å². The van der Waals surface area contributed by atoms with E-state index in [9.17, 15) is 62.1 Å². The van der Waals surface area contributed by atoms with Crippen molar-refractivity contribution in [1.82, 2.24) is 0 Å². The van der Waals surface area contributed by atoms with Crippen LogP contribution in [0.3, 0.4) is 0 Å². The Hall–Kier alpha value is -1.72. The van der Waals surface area contributed by atoms with Crippen LogP contribution in [0.4, 0.5) is 22.7 Å². The molecule has 0 aliphatic heterocycles. The van der Waals surface area contributed by atoms with Crippen LogP contribution in [0.15, 0.2) is 137 Å². The predicted molar refractivity (Wildman–Crippen MR) is 183 cm³/mol. The van der Waals surface area contributed by atoms with Crippen molar-refractivity contribution in [2.45, 2.75) is 19.6 Å². The van der Waals surface area contributed by atoms with Gasteiger partial charge in [-0.15, -0.1) is 10.2 Å². The molecule has 0 saturated carbocycles. The Morgan fingerprint density at radius 2 is 0.672 bits per heavy atom. The molecule has 2 N–H and O–H groups in total. The van der Waals surface area contributed by atoms with Gasteiger partial charge < -0.3 is 28.4 Å². The molecule has 18 nitrogen and oxygen atoms in total. The summed E-state index contributed by atoms with van der Waals surface area (Å²) in [7, 11) is -21.1. The molecule has 6 rings (SSSR count). The van der Waals surface area contributed by atoms with Crippen molar-refractivity contribution >= 4 is 84.8 Å². The van der Waals surface area contributed by atoms with Crippen molar-refractivity contribution in [2.75, 3.05) is 0 Å². The second kappa shape index (κ2) is 20.0. The van der Waals surface area contributed by atoms with Gasteiger partial charge in [0.2, 0.25) is 0 Å². The minimum absolute atomic E-state index is 0. The van der Waals surface area contributed by atoms with E-state index in [1.165, 1.54) is 48.5 Å². The van der Waals surface area contributed by atoms with E-state index in [1.54, 1.807) is 0 Å². The number of aromatic hydroxyl groups is 2. The maximum atomic E-state index is 12.4. The molecule has 0 radical (unpaired) electrons. The predicted octanol–water partition coefficient (Wildman–Crippen LogP) is -6.47. The molecule has 0 atom stereocenters. The van der Waals surface area contributed by atoms with Crippen molar-refractivity contribution in [3.63, 3.8) is 0 Å². The van der Waals surface area contributed by atoms with Crippen LogP contribution in [-0.4, -0.2) is 62.1 Å². The molecule has 6 aromatic rings. The summed E-state index contributed by atoms with van der Waals surface area (Å²) in [4.78, 5) is -3.66. The van der Waals surface area contributed by atoms with E-state index < -0.39 is 94.1 Å². The minimum atomic E-state index is -5.47. The normalized spacial score (nSPS) is 12.1. The second-order valence-electron chi connectivity index (χ2n) is 11.2. The first kappa shape index (κ1) is 52.4. The molecule has 58 heavy (non-hydrogen) atoms. The molecule has 0 fully saturated rings. The van der Waals surface area contributed by atoms with Crippen molar-refractivity contribution < 1.29 is 180 Å². The van der Waals surface area contributed by atoms with Gasteiger partial charge in [-0.2, -0.15) is 10.2 Å². The number of hydrogen-bond acceptors (Lipinski definition) is 18. The summed E-state index contributed by atoms with van der Waals surface area (Å²) in [5.74, 6) is -1.19. The molecular formula is C32H18N4Na4O14S4. The number of nitrogens with zero attached hydrogens (tertiary/aromatic N) is 4. The van der Waals surface area contributed by atoms with Gasteiger partial charge in [0, 0.05) is 32.7 Å². The first-order valence-corrected chi connectivity index (χ1v) is 20.2. The Bertz CT molecular complexity index is 2890. The standard InChI is InChI=1S/C32H22N4O14S4.4Na/c37-31-23-7-3-1-5-19(23)29(53(45,46)47)15-25(31)35-33-17-9-11-21(27(13-17)51(39,40)41)22-12-10-18(14-28(22)52(42,43)44)34-36-26-16-30(54(48,49)50)20-6-2-4-8-24(20)32(26)38;;;;/h1-16,37-38H,(H,39,40,41)(H,42,43,44)(H,45,46,47)(H,48,49,50);;;;/q;4*+1/p-4. The van der Waals surface area contributed by atoms with E-state index in [-0.39, 0.29) is 151 Å². The van der Waals surface area contributed by atoms with Crippen LogP contribution in [0.25, 0.3) is 32.7 Å². The van der Waals surface area contributed by atoms with Gasteiger partial charge >= 0.3 is 118 Å². The van der Waals surface area contributed by atoms with E-state index in [2.05, 4.69) is 20.5 Å². The summed E-state index contributed by atoms with van der Waals surface area (Å²) in [6.45, 7) is 0. The molecule has 0 heterocycles. The van der Waals surface area contributed by atoms with E-state index in [0.717, 1.165) is 36.4 Å². The Labute approximate surface area is 419 Å². The van der Waals surface area contributed by atoms with Crippen LogP contribution in [0, 0.1) is 0 Å². The largest absolute Gasteiger partial charge is 1.00 e. The Balaban J connectivity index is 0.00000290. The first-order valence-electron chi connectivity index (χ1n) is 14.6. The summed E-state index contributed by atoms with van der Waals surface area (Å²) in [6, 6.07) is 17.5. The molecule has 26 heteroatoms. The fraction of sp³-hybridized carbons (Fsp3) is 0. The van der Waals surface area contributed by atoms with Gasteiger partial charge in [0.1, 0.15) is 51.8 Å². The van der Waals surface area contributed by atoms with Crippen molar-refractivity contribution in [2.24, 2.45) is 20.5 Å². The molecule has 0 aliphatic carbocycles. The van der Waals surface area contributed by atoms with Gasteiger partial charge in [0.25, 0.3) is 0 Å². The zero-order valence-corrected chi connectivity index (χ0v) is 41.7. The summed E-state index contributed by atoms with van der Waals surface area (Å²) in [6.07, 6.45) is 0. The van der Waals surface area contributed by atoms with E-state index in [1.807, 2.05) is 0 Å². The molecule has 0 amide bonds. The molecular weight excluding hydrogens is 885 g/mol. The minimum Gasteiger partial charge on any atom is -0.744 e. The van der Waals surface area contributed by atoms with Crippen molar-refractivity contribution in [3.05, 3.63) is 97.1 Å². The number of fused-ring (bicyclic) bond motifs is 2. The summed E-state index contributed by atoms with van der Waals surface area (Å²) >= 11 is 0. The van der Waals surface area contributed by atoms with Gasteiger partial charge in [-0.05, 0) is 36.4 Å². The van der Waals surface area contributed by atoms with E-state index in [0.29, 0.717) is 12.1 Å². The van der Waals surface area contributed by atoms with Crippen LogP contribution >= 0.6 is 0 Å². The average molecular weight is 903 g/mol. The maximum absolute atomic E-state index is 12.4. The third-order valence-corrected chi connectivity index (χ3v) is 11.3. The molecule has 6 aromatic carbocycles. The monoisotopic (exact) mass is 902 g/mol. The number of phenolic OH excluding ortho intramolecular Hbond substituents is 2. The molecule has 0 aromatic heterocycles. The molecule has 0 spiro atoms. The van der Waals surface area contributed by atoms with Gasteiger partial charge in [0.15, 0.2) is 11.5 Å². The number of benzene rings is 6. The van der Waals surface area contributed by atoms with E-state index >= 15 is 0 Å². The SMILES string of the molecule is O=S(=O)([O-])c1cc(N=Nc2cc(S(=O)(=O)[O-])c3ccccc3c2O)ccc1-c1ccc(N=Nc2cc(S(=O)(=O)[O-])c3ccccc3c2O)cc1S(=O)(=O)[O-].[Na+].[Na+].[Na+].[Na+]. The zero-order valence-electron chi connectivity index (χ0n) is 30.5. The summed E-state index contributed by atoms with van der Waals surface area (Å²) in [5.41, 5.74) is -3.00. The van der Waals surface area contributed by atoms with Gasteiger partial charge in [-0.25, -0.2) is 33.7 Å². The molecule has 0 aliphatic rings. The van der Waals surface area contributed by atoms with Crippen LogP contribution in [-0.2, 0) is 40.5 Å². The first-order chi connectivity index (χ1) is 25.1. The quantitative estimate of drug-likeness (QED) is 0.0775. The third-order valence-electron chi connectivity index (χ3n) is 7.76. The summed E-state index contributed by atoms with van der Waals surface area (Å²) < 4.78 is 146.